The lowest BCUT2D eigenvalue weighted by atomic mass is 10.1. The topological polar surface area (TPSA) is 15.3 Å². The van der Waals surface area contributed by atoms with Gasteiger partial charge in [0.15, 0.2) is 0 Å². The van der Waals surface area contributed by atoms with Gasteiger partial charge in [0.2, 0.25) is 0 Å². The smallest absolute Gasteiger partial charge is 0.128 e. The Morgan fingerprint density at radius 1 is 1.19 bits per heavy atom. The van der Waals surface area contributed by atoms with Gasteiger partial charge in [-0.2, -0.15) is 0 Å². The van der Waals surface area contributed by atoms with Crippen molar-refractivity contribution < 1.29 is 4.39 Å². The average molecular weight is 222 g/mol. The number of hydrazine groups is 1. The molecule has 0 spiro atoms. The first kappa shape index (κ1) is 11.6. The van der Waals surface area contributed by atoms with E-state index in [-0.39, 0.29) is 11.9 Å². The van der Waals surface area contributed by atoms with Crippen LogP contribution in [0.4, 0.5) is 4.39 Å². The van der Waals surface area contributed by atoms with Crippen LogP contribution in [0.3, 0.4) is 0 Å². The fraction of sp³-hybridized carbons (Fsp3) is 0.538. The predicted octanol–water partition coefficient (Wildman–Crippen LogP) is 2.88. The molecule has 1 aromatic carbocycles. The molecule has 2 rings (SSSR count). The maximum atomic E-state index is 13.5. The van der Waals surface area contributed by atoms with E-state index in [0.29, 0.717) is 0 Å². The molecule has 1 fully saturated rings. The van der Waals surface area contributed by atoms with Crippen molar-refractivity contribution in [2.75, 3.05) is 13.1 Å². The van der Waals surface area contributed by atoms with E-state index in [2.05, 4.69) is 10.4 Å². The normalized spacial score (nSPS) is 19.6. The van der Waals surface area contributed by atoms with E-state index >= 15 is 0 Å². The Morgan fingerprint density at radius 3 is 2.56 bits per heavy atom. The Labute approximate surface area is 96.4 Å². The summed E-state index contributed by atoms with van der Waals surface area (Å²) in [7, 11) is 0. The molecule has 1 aliphatic rings. The zero-order valence-corrected chi connectivity index (χ0v) is 9.75. The zero-order chi connectivity index (χ0) is 11.4. The Kier molecular flexibility index (Phi) is 3.91. The van der Waals surface area contributed by atoms with Crippen LogP contribution in [0, 0.1) is 5.82 Å². The molecule has 1 saturated heterocycles. The second-order valence-corrected chi connectivity index (χ2v) is 4.42. The van der Waals surface area contributed by atoms with E-state index in [1.807, 2.05) is 19.1 Å². The molecular formula is C13H19FN2. The lowest BCUT2D eigenvalue weighted by Gasteiger charge is -2.30. The third kappa shape index (κ3) is 2.80. The van der Waals surface area contributed by atoms with Crippen molar-refractivity contribution in [2.24, 2.45) is 0 Å². The Hall–Kier alpha value is -0.930. The van der Waals surface area contributed by atoms with Gasteiger partial charge in [0.25, 0.3) is 0 Å². The summed E-state index contributed by atoms with van der Waals surface area (Å²) in [6.45, 7) is 4.14. The number of benzene rings is 1. The van der Waals surface area contributed by atoms with Gasteiger partial charge in [0.1, 0.15) is 5.82 Å². The molecule has 0 radical (unpaired) electrons. The minimum absolute atomic E-state index is 0.0410. The SMILES string of the molecule is CC(NN1CCCCC1)c1ccccc1F. The lowest BCUT2D eigenvalue weighted by molar-refractivity contribution is 0.132. The monoisotopic (exact) mass is 222 g/mol. The molecule has 0 bridgehead atoms. The molecule has 88 valence electrons. The van der Waals surface area contributed by atoms with Gasteiger partial charge in [-0.15, -0.1) is 0 Å². The number of hydrogen-bond donors (Lipinski definition) is 1. The molecule has 1 aliphatic heterocycles. The van der Waals surface area contributed by atoms with E-state index in [1.165, 1.54) is 25.3 Å². The van der Waals surface area contributed by atoms with Crippen molar-refractivity contribution in [1.82, 2.24) is 10.4 Å². The van der Waals surface area contributed by atoms with Crippen LogP contribution in [0.15, 0.2) is 24.3 Å². The lowest BCUT2D eigenvalue weighted by Crippen LogP contribution is -2.43. The number of nitrogens with zero attached hydrogens (tertiary/aromatic N) is 1. The first-order valence-corrected chi connectivity index (χ1v) is 6.03. The zero-order valence-electron chi connectivity index (χ0n) is 9.75. The molecule has 1 aromatic rings. The Balaban J connectivity index is 1.96. The van der Waals surface area contributed by atoms with Gasteiger partial charge in [-0.25, -0.2) is 14.8 Å². The van der Waals surface area contributed by atoms with Crippen LogP contribution in [0.5, 0.6) is 0 Å². The van der Waals surface area contributed by atoms with Crippen molar-refractivity contribution >= 4 is 0 Å². The third-order valence-corrected chi connectivity index (χ3v) is 3.10. The molecule has 3 heteroatoms. The molecule has 1 N–H and O–H groups in total. The van der Waals surface area contributed by atoms with Crippen molar-refractivity contribution in [3.63, 3.8) is 0 Å². The summed E-state index contributed by atoms with van der Waals surface area (Å²) >= 11 is 0. The molecule has 16 heavy (non-hydrogen) atoms. The molecule has 0 saturated carbocycles. The first-order valence-electron chi connectivity index (χ1n) is 6.03. The van der Waals surface area contributed by atoms with Gasteiger partial charge in [-0.05, 0) is 25.8 Å². The summed E-state index contributed by atoms with van der Waals surface area (Å²) in [5, 5.41) is 2.21. The van der Waals surface area contributed by atoms with Crippen LogP contribution in [-0.4, -0.2) is 18.1 Å². The molecule has 1 heterocycles. The van der Waals surface area contributed by atoms with Crippen LogP contribution in [0.1, 0.15) is 37.8 Å². The Morgan fingerprint density at radius 2 is 1.88 bits per heavy atom. The van der Waals surface area contributed by atoms with Crippen LogP contribution >= 0.6 is 0 Å². The third-order valence-electron chi connectivity index (χ3n) is 3.10. The largest absolute Gasteiger partial charge is 0.248 e. The summed E-state index contributed by atoms with van der Waals surface area (Å²) in [6, 6.07) is 7.01. The quantitative estimate of drug-likeness (QED) is 0.846. The van der Waals surface area contributed by atoms with E-state index in [4.69, 9.17) is 0 Å². The highest BCUT2D eigenvalue weighted by Crippen LogP contribution is 2.17. The summed E-state index contributed by atoms with van der Waals surface area (Å²) < 4.78 is 13.5. The molecule has 2 nitrogen and oxygen atoms in total. The maximum Gasteiger partial charge on any atom is 0.128 e. The predicted molar refractivity (Wildman–Crippen MR) is 63.4 cm³/mol. The highest BCUT2D eigenvalue weighted by atomic mass is 19.1. The number of nitrogens with one attached hydrogen (secondary N) is 1. The summed E-state index contributed by atoms with van der Waals surface area (Å²) in [5.74, 6) is -0.125. The summed E-state index contributed by atoms with van der Waals surface area (Å²) in [6.07, 6.45) is 3.78. The van der Waals surface area contributed by atoms with Gasteiger partial charge < -0.3 is 0 Å². The van der Waals surface area contributed by atoms with Gasteiger partial charge in [-0.1, -0.05) is 24.6 Å². The van der Waals surface area contributed by atoms with E-state index < -0.39 is 0 Å². The first-order chi connectivity index (χ1) is 7.77. The molecule has 0 amide bonds. The minimum Gasteiger partial charge on any atom is -0.248 e. The van der Waals surface area contributed by atoms with E-state index in [1.54, 1.807) is 6.07 Å². The molecular weight excluding hydrogens is 203 g/mol. The van der Waals surface area contributed by atoms with E-state index in [9.17, 15) is 4.39 Å². The summed E-state index contributed by atoms with van der Waals surface area (Å²) in [5.41, 5.74) is 4.11. The second-order valence-electron chi connectivity index (χ2n) is 4.42. The molecule has 1 atom stereocenters. The second kappa shape index (κ2) is 5.41. The van der Waals surface area contributed by atoms with Crippen molar-refractivity contribution in [2.45, 2.75) is 32.2 Å². The van der Waals surface area contributed by atoms with Crippen molar-refractivity contribution in [3.05, 3.63) is 35.6 Å². The highest BCUT2D eigenvalue weighted by molar-refractivity contribution is 5.20. The van der Waals surface area contributed by atoms with Gasteiger partial charge in [-0.3, -0.25) is 0 Å². The van der Waals surface area contributed by atoms with Gasteiger partial charge in [0, 0.05) is 24.7 Å². The highest BCUT2D eigenvalue weighted by Gasteiger charge is 2.15. The van der Waals surface area contributed by atoms with Gasteiger partial charge >= 0.3 is 0 Å². The standard InChI is InChI=1S/C13H19FN2/c1-11(12-7-3-4-8-13(12)14)15-16-9-5-2-6-10-16/h3-4,7-8,11,15H,2,5-6,9-10H2,1H3. The molecule has 0 aromatic heterocycles. The Bertz CT molecular complexity index is 334. The number of rotatable bonds is 3. The number of piperidine rings is 1. The van der Waals surface area contributed by atoms with Crippen molar-refractivity contribution in [1.29, 1.82) is 0 Å². The fourth-order valence-electron chi connectivity index (χ4n) is 2.19. The van der Waals surface area contributed by atoms with E-state index in [0.717, 1.165) is 18.7 Å². The van der Waals surface area contributed by atoms with Gasteiger partial charge in [0.05, 0.1) is 0 Å². The molecule has 1 unspecified atom stereocenters. The summed E-state index contributed by atoms with van der Waals surface area (Å²) in [4.78, 5) is 0. The average Bonchev–Trinajstić information content (AvgIpc) is 2.31. The number of hydrogen-bond acceptors (Lipinski definition) is 2. The minimum atomic E-state index is -0.125. The van der Waals surface area contributed by atoms with Crippen LogP contribution in [0.2, 0.25) is 0 Å². The van der Waals surface area contributed by atoms with Crippen LogP contribution in [0.25, 0.3) is 0 Å². The fourth-order valence-corrected chi connectivity index (χ4v) is 2.19. The van der Waals surface area contributed by atoms with Crippen LogP contribution in [-0.2, 0) is 0 Å². The van der Waals surface area contributed by atoms with Crippen molar-refractivity contribution in [3.8, 4) is 0 Å². The van der Waals surface area contributed by atoms with Crippen LogP contribution < -0.4 is 5.43 Å². The molecule has 0 aliphatic carbocycles. The maximum absolute atomic E-state index is 13.5. The number of halogens is 1.